The van der Waals surface area contributed by atoms with Gasteiger partial charge in [0, 0.05) is 5.56 Å². The van der Waals surface area contributed by atoms with Crippen LogP contribution in [0.25, 0.3) is 6.08 Å². The summed E-state index contributed by atoms with van der Waals surface area (Å²) in [6, 6.07) is 7.42. The van der Waals surface area contributed by atoms with Crippen LogP contribution >= 0.6 is 0 Å². The maximum absolute atomic E-state index is 8.76. The number of hydrogen-bond acceptors (Lipinski definition) is 3. The van der Waals surface area contributed by atoms with E-state index in [0.29, 0.717) is 12.1 Å². The van der Waals surface area contributed by atoms with E-state index in [2.05, 4.69) is 6.07 Å². The highest BCUT2D eigenvalue weighted by molar-refractivity contribution is 5.59. The van der Waals surface area contributed by atoms with Crippen LogP contribution in [0.4, 0.5) is 0 Å². The zero-order valence-corrected chi connectivity index (χ0v) is 8.73. The fraction of sp³-hybridized carbons (Fsp3) is 0.250. The lowest BCUT2D eigenvalue weighted by Gasteiger charge is -2.04. The van der Waals surface area contributed by atoms with Crippen LogP contribution in [0.3, 0.4) is 0 Å². The molecule has 0 aliphatic rings. The number of nitrogens with two attached hydrogens (primary N) is 1. The van der Waals surface area contributed by atoms with Gasteiger partial charge < -0.3 is 10.5 Å². The molecule has 0 spiro atoms. The van der Waals surface area contributed by atoms with Gasteiger partial charge in [-0.05, 0) is 31.2 Å². The van der Waals surface area contributed by atoms with E-state index in [-0.39, 0.29) is 0 Å². The molecule has 0 saturated carbocycles. The SMILES string of the molecule is COc1ccc(C#N)cc1C=CCCN. The van der Waals surface area contributed by atoms with Crippen LogP contribution in [0, 0.1) is 11.3 Å². The number of ether oxygens (including phenoxy) is 1. The number of hydrogen-bond donors (Lipinski definition) is 1. The van der Waals surface area contributed by atoms with Gasteiger partial charge in [0.1, 0.15) is 5.75 Å². The average molecular weight is 202 g/mol. The van der Waals surface area contributed by atoms with Gasteiger partial charge in [-0.2, -0.15) is 5.26 Å². The molecule has 0 fully saturated rings. The second-order valence-corrected chi connectivity index (χ2v) is 3.05. The Morgan fingerprint density at radius 3 is 2.93 bits per heavy atom. The number of benzene rings is 1. The van der Waals surface area contributed by atoms with E-state index in [4.69, 9.17) is 15.7 Å². The minimum absolute atomic E-state index is 0.622. The minimum Gasteiger partial charge on any atom is -0.496 e. The normalized spacial score (nSPS) is 10.2. The molecule has 1 aromatic rings. The summed E-state index contributed by atoms with van der Waals surface area (Å²) in [6.07, 6.45) is 4.71. The Morgan fingerprint density at radius 1 is 1.53 bits per heavy atom. The van der Waals surface area contributed by atoms with Crippen LogP contribution in [-0.2, 0) is 0 Å². The lowest BCUT2D eigenvalue weighted by Crippen LogP contribution is -1.95. The third-order valence-electron chi connectivity index (χ3n) is 1.99. The molecule has 3 nitrogen and oxygen atoms in total. The maximum Gasteiger partial charge on any atom is 0.126 e. The maximum atomic E-state index is 8.76. The van der Waals surface area contributed by atoms with E-state index in [1.807, 2.05) is 12.2 Å². The third-order valence-corrected chi connectivity index (χ3v) is 1.99. The van der Waals surface area contributed by atoms with Crippen molar-refractivity contribution in [3.05, 3.63) is 35.4 Å². The largest absolute Gasteiger partial charge is 0.496 e. The molecule has 0 amide bonds. The highest BCUT2D eigenvalue weighted by Gasteiger charge is 2.00. The van der Waals surface area contributed by atoms with E-state index < -0.39 is 0 Å². The predicted molar refractivity (Wildman–Crippen MR) is 60.4 cm³/mol. The molecule has 0 aliphatic heterocycles. The summed E-state index contributed by atoms with van der Waals surface area (Å²) in [5.41, 5.74) is 6.92. The van der Waals surface area contributed by atoms with Gasteiger partial charge in [-0.1, -0.05) is 12.2 Å². The fourth-order valence-electron chi connectivity index (χ4n) is 1.24. The van der Waals surface area contributed by atoms with Crippen molar-refractivity contribution in [2.45, 2.75) is 6.42 Å². The Hall–Kier alpha value is -1.79. The Balaban J connectivity index is 2.97. The standard InChI is InChI=1S/C12H14N2O/c1-15-12-6-5-10(9-14)8-11(12)4-2-3-7-13/h2,4-6,8H,3,7,13H2,1H3. The van der Waals surface area contributed by atoms with E-state index >= 15 is 0 Å². The van der Waals surface area contributed by atoms with Crippen molar-refractivity contribution < 1.29 is 4.74 Å². The van der Waals surface area contributed by atoms with Gasteiger partial charge in [-0.3, -0.25) is 0 Å². The zero-order valence-electron chi connectivity index (χ0n) is 8.73. The van der Waals surface area contributed by atoms with Crippen molar-refractivity contribution in [2.75, 3.05) is 13.7 Å². The predicted octanol–water partition coefficient (Wildman–Crippen LogP) is 1.93. The van der Waals surface area contributed by atoms with Crippen molar-refractivity contribution in [1.29, 1.82) is 5.26 Å². The monoisotopic (exact) mass is 202 g/mol. The molecule has 0 radical (unpaired) electrons. The van der Waals surface area contributed by atoms with Crippen LogP contribution in [0.1, 0.15) is 17.5 Å². The van der Waals surface area contributed by atoms with Gasteiger partial charge in [0.15, 0.2) is 0 Å². The summed E-state index contributed by atoms with van der Waals surface area (Å²) in [6.45, 7) is 0.622. The van der Waals surface area contributed by atoms with E-state index in [1.54, 1.807) is 25.3 Å². The zero-order chi connectivity index (χ0) is 11.1. The number of methoxy groups -OCH3 is 1. The van der Waals surface area contributed by atoms with Crippen LogP contribution in [0.2, 0.25) is 0 Å². The number of rotatable bonds is 4. The average Bonchev–Trinajstić information content (AvgIpc) is 2.29. The molecule has 0 aromatic heterocycles. The first-order valence-corrected chi connectivity index (χ1v) is 4.76. The summed E-state index contributed by atoms with van der Waals surface area (Å²) >= 11 is 0. The molecule has 78 valence electrons. The molecular formula is C12H14N2O. The minimum atomic E-state index is 0.622. The van der Waals surface area contributed by atoms with Gasteiger partial charge >= 0.3 is 0 Å². The number of nitriles is 1. The second-order valence-electron chi connectivity index (χ2n) is 3.05. The Labute approximate surface area is 89.8 Å². The second kappa shape index (κ2) is 5.84. The summed E-state index contributed by atoms with van der Waals surface area (Å²) in [7, 11) is 1.61. The summed E-state index contributed by atoms with van der Waals surface area (Å²) < 4.78 is 5.18. The molecule has 3 heteroatoms. The van der Waals surface area contributed by atoms with Crippen LogP contribution in [0.15, 0.2) is 24.3 Å². The Morgan fingerprint density at radius 2 is 2.33 bits per heavy atom. The quantitative estimate of drug-likeness (QED) is 0.811. The van der Waals surface area contributed by atoms with Crippen LogP contribution in [-0.4, -0.2) is 13.7 Å². The van der Waals surface area contributed by atoms with Crippen LogP contribution < -0.4 is 10.5 Å². The topological polar surface area (TPSA) is 59.0 Å². The summed E-state index contributed by atoms with van der Waals surface area (Å²) in [4.78, 5) is 0. The van der Waals surface area contributed by atoms with Gasteiger partial charge in [0.2, 0.25) is 0 Å². The van der Waals surface area contributed by atoms with Crippen molar-refractivity contribution in [3.8, 4) is 11.8 Å². The molecule has 1 aromatic carbocycles. The van der Waals surface area contributed by atoms with Crippen LogP contribution in [0.5, 0.6) is 5.75 Å². The van der Waals surface area contributed by atoms with Gasteiger partial charge in [-0.25, -0.2) is 0 Å². The van der Waals surface area contributed by atoms with Gasteiger partial charge in [0.05, 0.1) is 18.7 Å². The molecule has 0 heterocycles. The van der Waals surface area contributed by atoms with Gasteiger partial charge in [-0.15, -0.1) is 0 Å². The third kappa shape index (κ3) is 3.12. The van der Waals surface area contributed by atoms with Crippen molar-refractivity contribution in [2.24, 2.45) is 5.73 Å². The first-order chi connectivity index (χ1) is 7.31. The van der Waals surface area contributed by atoms with E-state index in [0.717, 1.165) is 17.7 Å². The molecule has 0 atom stereocenters. The van der Waals surface area contributed by atoms with E-state index in [9.17, 15) is 0 Å². The molecular weight excluding hydrogens is 188 g/mol. The fourth-order valence-corrected chi connectivity index (χ4v) is 1.24. The smallest absolute Gasteiger partial charge is 0.126 e. The summed E-state index contributed by atoms with van der Waals surface area (Å²) in [5.74, 6) is 0.766. The molecule has 0 bridgehead atoms. The van der Waals surface area contributed by atoms with Crippen molar-refractivity contribution in [1.82, 2.24) is 0 Å². The first-order valence-electron chi connectivity index (χ1n) is 4.76. The molecule has 0 saturated heterocycles. The molecule has 15 heavy (non-hydrogen) atoms. The van der Waals surface area contributed by atoms with Crippen molar-refractivity contribution in [3.63, 3.8) is 0 Å². The lowest BCUT2D eigenvalue weighted by atomic mass is 10.1. The molecule has 2 N–H and O–H groups in total. The molecule has 0 unspecified atom stereocenters. The van der Waals surface area contributed by atoms with E-state index in [1.165, 1.54) is 0 Å². The highest BCUT2D eigenvalue weighted by atomic mass is 16.5. The lowest BCUT2D eigenvalue weighted by molar-refractivity contribution is 0.414. The molecule has 0 aliphatic carbocycles. The molecule has 1 rings (SSSR count). The Bertz CT molecular complexity index is 391. The first kappa shape index (κ1) is 11.3. The number of nitrogens with zero attached hydrogens (tertiary/aromatic N) is 1. The Kier molecular flexibility index (Phi) is 4.39. The van der Waals surface area contributed by atoms with Crippen molar-refractivity contribution >= 4 is 6.08 Å². The van der Waals surface area contributed by atoms with Gasteiger partial charge in [0.25, 0.3) is 0 Å². The summed E-state index contributed by atoms with van der Waals surface area (Å²) in [5, 5.41) is 8.76. The highest BCUT2D eigenvalue weighted by Crippen LogP contribution is 2.21.